The molecule has 0 saturated heterocycles. The largest absolute Gasteiger partial charge is 0.458 e. The molecule has 1 unspecified atom stereocenters. The second kappa shape index (κ2) is 12.7. The Kier molecular flexibility index (Phi) is 7.02. The van der Waals surface area contributed by atoms with Crippen LogP contribution in [0.5, 0.6) is 17.2 Å². The molecule has 0 spiro atoms. The molecule has 4 aliphatic rings. The first-order chi connectivity index (χ1) is 29.7. The molecule has 6 heteroatoms. The maximum Gasteiger partial charge on any atom is 0.260 e. The fourth-order valence-corrected chi connectivity index (χ4v) is 10.3. The van der Waals surface area contributed by atoms with Crippen molar-refractivity contribution in [3.63, 3.8) is 0 Å². The molecular formula is C54H36BN3O2. The van der Waals surface area contributed by atoms with Crippen LogP contribution in [-0.2, 0) is 0 Å². The normalized spacial score (nSPS) is 18.1. The number of allylic oxidation sites excluding steroid dienone is 7. The molecule has 0 bridgehead atoms. The van der Waals surface area contributed by atoms with Crippen LogP contribution in [0.3, 0.4) is 0 Å². The van der Waals surface area contributed by atoms with E-state index in [2.05, 4.69) is 202 Å². The number of ether oxygens (including phenoxy) is 2. The molecule has 5 nitrogen and oxygen atoms in total. The van der Waals surface area contributed by atoms with Crippen molar-refractivity contribution in [2.45, 2.75) is 12.5 Å². The van der Waals surface area contributed by atoms with Gasteiger partial charge in [0.05, 0.1) is 34.5 Å². The summed E-state index contributed by atoms with van der Waals surface area (Å²) >= 11 is 0. The SMILES string of the molecule is C=C1/C=C2/B3c4ccc5c(c4Oc4cc6c7ccccc7n(-c7ccccc7)c6c(c43)O/C2=C/N(c2ccccc2)c2ccccc21)c1ccccc1n5C1C=CC=CC1. The van der Waals surface area contributed by atoms with Gasteiger partial charge in [-0.05, 0) is 77.5 Å². The Morgan fingerprint density at radius 2 is 1.37 bits per heavy atom. The average Bonchev–Trinajstić information content (AvgIpc) is 3.82. The number of nitrogens with zero attached hydrogens (tertiary/aromatic N) is 3. The van der Waals surface area contributed by atoms with E-state index >= 15 is 0 Å². The Bertz CT molecular complexity index is 3440. The molecule has 0 fully saturated rings. The monoisotopic (exact) mass is 769 g/mol. The van der Waals surface area contributed by atoms with Crippen molar-refractivity contribution < 1.29 is 9.47 Å². The lowest BCUT2D eigenvalue weighted by Gasteiger charge is -2.37. The highest BCUT2D eigenvalue weighted by Gasteiger charge is 2.45. The molecule has 282 valence electrons. The first kappa shape index (κ1) is 33.3. The maximum absolute atomic E-state index is 7.49. The van der Waals surface area contributed by atoms with Crippen LogP contribution in [0.4, 0.5) is 11.4 Å². The lowest BCUT2D eigenvalue weighted by atomic mass is 9.33. The Hall–Kier alpha value is -7.70. The van der Waals surface area contributed by atoms with E-state index in [-0.39, 0.29) is 12.8 Å². The number of hydrogen-bond donors (Lipinski definition) is 0. The highest BCUT2D eigenvalue weighted by atomic mass is 16.5. The summed E-state index contributed by atoms with van der Waals surface area (Å²) in [4.78, 5) is 2.25. The molecular weight excluding hydrogens is 733 g/mol. The number of aromatic nitrogens is 2. The lowest BCUT2D eigenvalue weighted by molar-refractivity contribution is 0.434. The van der Waals surface area contributed by atoms with Gasteiger partial charge in [-0.2, -0.15) is 0 Å². The molecule has 7 aromatic carbocycles. The minimum absolute atomic E-state index is 0.194. The Labute approximate surface area is 347 Å². The van der Waals surface area contributed by atoms with Crippen LogP contribution in [0.2, 0.25) is 0 Å². The van der Waals surface area contributed by atoms with E-state index in [4.69, 9.17) is 16.1 Å². The summed E-state index contributed by atoms with van der Waals surface area (Å²) in [5, 5.41) is 4.52. The van der Waals surface area contributed by atoms with E-state index in [0.29, 0.717) is 0 Å². The minimum Gasteiger partial charge on any atom is -0.458 e. The van der Waals surface area contributed by atoms with Crippen molar-refractivity contribution in [3.8, 4) is 22.9 Å². The van der Waals surface area contributed by atoms with Gasteiger partial charge in [0.15, 0.2) is 5.75 Å². The van der Waals surface area contributed by atoms with Gasteiger partial charge in [-0.3, -0.25) is 0 Å². The predicted molar refractivity (Wildman–Crippen MR) is 248 cm³/mol. The van der Waals surface area contributed by atoms with Gasteiger partial charge >= 0.3 is 0 Å². The third kappa shape index (κ3) is 4.64. The minimum atomic E-state index is -0.228. The van der Waals surface area contributed by atoms with Crippen LogP contribution in [0, 0.1) is 0 Å². The van der Waals surface area contributed by atoms with Crippen molar-refractivity contribution in [1.82, 2.24) is 9.13 Å². The van der Waals surface area contributed by atoms with Gasteiger partial charge in [0.1, 0.15) is 17.3 Å². The van der Waals surface area contributed by atoms with Gasteiger partial charge in [-0.25, -0.2) is 0 Å². The molecule has 9 aromatic rings. The number of hydrogen-bond acceptors (Lipinski definition) is 3. The smallest absolute Gasteiger partial charge is 0.260 e. The quantitative estimate of drug-likeness (QED) is 0.168. The van der Waals surface area contributed by atoms with Gasteiger partial charge in [0.25, 0.3) is 6.71 Å². The predicted octanol–water partition coefficient (Wildman–Crippen LogP) is 12.2. The van der Waals surface area contributed by atoms with E-state index in [1.807, 2.05) is 0 Å². The zero-order valence-corrected chi connectivity index (χ0v) is 32.6. The van der Waals surface area contributed by atoms with Crippen LogP contribution in [0.15, 0.2) is 206 Å². The number of para-hydroxylation sites is 5. The molecule has 60 heavy (non-hydrogen) atoms. The number of anilines is 2. The van der Waals surface area contributed by atoms with E-state index in [9.17, 15) is 0 Å². The van der Waals surface area contributed by atoms with E-state index in [0.717, 1.165) is 107 Å². The molecule has 1 aliphatic carbocycles. The van der Waals surface area contributed by atoms with Gasteiger partial charge in [0.2, 0.25) is 0 Å². The second-order valence-electron chi connectivity index (χ2n) is 16.1. The second-order valence-corrected chi connectivity index (χ2v) is 16.1. The first-order valence-corrected chi connectivity index (χ1v) is 20.7. The topological polar surface area (TPSA) is 31.6 Å². The molecule has 0 N–H and O–H groups in total. The lowest BCUT2D eigenvalue weighted by Crippen LogP contribution is -2.52. The number of rotatable bonds is 3. The summed E-state index contributed by atoms with van der Waals surface area (Å²) in [5.41, 5.74) is 12.8. The Morgan fingerprint density at radius 3 is 2.18 bits per heavy atom. The summed E-state index contributed by atoms with van der Waals surface area (Å²) in [7, 11) is 0. The third-order valence-corrected chi connectivity index (χ3v) is 12.8. The first-order valence-electron chi connectivity index (χ1n) is 20.7. The van der Waals surface area contributed by atoms with E-state index in [1.165, 1.54) is 10.9 Å². The van der Waals surface area contributed by atoms with Crippen LogP contribution in [-0.4, -0.2) is 15.8 Å². The number of benzene rings is 7. The van der Waals surface area contributed by atoms with Gasteiger partial charge in [-0.1, -0.05) is 134 Å². The highest BCUT2D eigenvalue weighted by molar-refractivity contribution is 6.94. The standard InChI is InChI=1S/C54H36BN3O2/c1-34-31-43-49(33-56(35-17-5-2-6-18-35)44-26-14-11-23-38(34)44)60-54-51-48(32-41-39-24-12-15-27-45(39)58(52(41)54)37-21-9-4-10-22-37)59-53-42(55(43)51)29-30-47-50(53)40-25-13-16-28-46(40)57(47)36-19-7-3-8-20-36/h2-19,21-33,36H,1,20H2/b43-31+,49-33+. The number of fused-ring (bicyclic) bond motifs is 13. The molecule has 5 heterocycles. The summed E-state index contributed by atoms with van der Waals surface area (Å²) in [6, 6.07) is 54.2. The third-order valence-electron chi connectivity index (χ3n) is 12.8. The van der Waals surface area contributed by atoms with E-state index < -0.39 is 0 Å². The zero-order chi connectivity index (χ0) is 39.5. The van der Waals surface area contributed by atoms with Gasteiger partial charge in [0, 0.05) is 49.5 Å². The van der Waals surface area contributed by atoms with Crippen LogP contribution in [0.1, 0.15) is 18.0 Å². The van der Waals surface area contributed by atoms with Crippen LogP contribution in [0.25, 0.3) is 54.9 Å². The fourth-order valence-electron chi connectivity index (χ4n) is 10.3. The molecule has 1 atom stereocenters. The molecule has 0 amide bonds. The molecule has 2 aromatic heterocycles. The van der Waals surface area contributed by atoms with Crippen molar-refractivity contribution in [2.75, 3.05) is 4.90 Å². The zero-order valence-electron chi connectivity index (χ0n) is 32.6. The van der Waals surface area contributed by atoms with Crippen molar-refractivity contribution in [1.29, 1.82) is 0 Å². The summed E-state index contributed by atoms with van der Waals surface area (Å²) in [6.07, 6.45) is 14.2. The summed E-state index contributed by atoms with van der Waals surface area (Å²) in [5.74, 6) is 3.27. The van der Waals surface area contributed by atoms with Crippen molar-refractivity contribution >= 4 is 78.2 Å². The highest BCUT2D eigenvalue weighted by Crippen LogP contribution is 2.49. The van der Waals surface area contributed by atoms with Gasteiger partial charge < -0.3 is 23.5 Å². The molecule has 3 aliphatic heterocycles. The molecule has 13 rings (SSSR count). The summed E-state index contributed by atoms with van der Waals surface area (Å²) < 4.78 is 19.8. The Morgan fingerprint density at radius 1 is 0.633 bits per heavy atom. The van der Waals surface area contributed by atoms with Crippen molar-refractivity contribution in [2.24, 2.45) is 0 Å². The summed E-state index contributed by atoms with van der Waals surface area (Å²) in [6.45, 7) is 4.51. The van der Waals surface area contributed by atoms with Crippen LogP contribution < -0.4 is 25.3 Å². The van der Waals surface area contributed by atoms with Crippen LogP contribution >= 0.6 is 0 Å². The average molecular weight is 770 g/mol. The fraction of sp³-hybridized carbons (Fsp3) is 0.0370. The Balaban J connectivity index is 1.17. The maximum atomic E-state index is 7.49. The molecule has 0 saturated carbocycles. The van der Waals surface area contributed by atoms with Gasteiger partial charge in [-0.15, -0.1) is 0 Å². The van der Waals surface area contributed by atoms with Crippen molar-refractivity contribution in [3.05, 3.63) is 212 Å². The van der Waals surface area contributed by atoms with E-state index in [1.54, 1.807) is 0 Å². The molecule has 0 radical (unpaired) electrons.